The molecule has 2 unspecified atom stereocenters. The second-order valence-electron chi connectivity index (χ2n) is 15.5. The van der Waals surface area contributed by atoms with Crippen molar-refractivity contribution < 1.29 is 0 Å². The number of nitrogens with zero attached hydrogens (tertiary/aromatic N) is 4. The fraction of sp³-hybridized carbons (Fsp3) is 0.0536. The van der Waals surface area contributed by atoms with Crippen molar-refractivity contribution in [3.8, 4) is 0 Å². The van der Waals surface area contributed by atoms with Crippen molar-refractivity contribution in [1.29, 1.82) is 0 Å². The smallest absolute Gasteiger partial charge is 0.0692 e. The first-order valence-corrected chi connectivity index (χ1v) is 20.6. The summed E-state index contributed by atoms with van der Waals surface area (Å²) in [5, 5.41) is 4.77. The summed E-state index contributed by atoms with van der Waals surface area (Å²) in [6.07, 6.45) is 0. The summed E-state index contributed by atoms with van der Waals surface area (Å²) in [7, 11) is 0. The van der Waals surface area contributed by atoms with E-state index in [1.54, 1.807) is 0 Å². The van der Waals surface area contributed by atoms with Crippen molar-refractivity contribution >= 4 is 38.6 Å². The maximum atomic E-state index is 5.65. The lowest BCUT2D eigenvalue weighted by Crippen LogP contribution is -2.17. The van der Waals surface area contributed by atoms with Crippen LogP contribution in [-0.2, 0) is 0 Å². The van der Waals surface area contributed by atoms with Crippen molar-refractivity contribution in [3.05, 3.63) is 275 Å². The first-order chi connectivity index (χ1) is 29.8. The van der Waals surface area contributed by atoms with Crippen LogP contribution in [-0.4, -0.2) is 15.0 Å². The van der Waals surface area contributed by atoms with Crippen molar-refractivity contribution in [2.75, 3.05) is 4.90 Å². The highest BCUT2D eigenvalue weighted by atomic mass is 15.1. The van der Waals surface area contributed by atoms with E-state index < -0.39 is 0 Å². The zero-order valence-corrected chi connectivity index (χ0v) is 32.9. The molecule has 0 radical (unpaired) electrons. The lowest BCUT2D eigenvalue weighted by atomic mass is 9.84. The van der Waals surface area contributed by atoms with Gasteiger partial charge in [0.05, 0.1) is 51.9 Å². The average Bonchev–Trinajstić information content (AvgIpc) is 3.31. The fourth-order valence-corrected chi connectivity index (χ4v) is 9.25. The Hall–Kier alpha value is -7.69. The molecule has 6 bridgehead atoms. The predicted octanol–water partition coefficient (Wildman–Crippen LogP) is 13.5. The van der Waals surface area contributed by atoms with Gasteiger partial charge in [-0.05, 0) is 111 Å². The Kier molecular flexibility index (Phi) is 9.01. The van der Waals surface area contributed by atoms with E-state index in [1.807, 2.05) is 0 Å². The van der Waals surface area contributed by atoms with Gasteiger partial charge in [-0.2, -0.15) is 0 Å². The quantitative estimate of drug-likeness (QED) is 0.169. The van der Waals surface area contributed by atoms with Gasteiger partial charge in [-0.15, -0.1) is 0 Å². The fourth-order valence-electron chi connectivity index (χ4n) is 9.25. The number of aromatic nitrogens is 3. The molecule has 7 aromatic carbocycles. The predicted molar refractivity (Wildman–Crippen MR) is 245 cm³/mol. The normalized spacial score (nSPS) is 15.8. The third kappa shape index (κ3) is 6.39. The Morgan fingerprint density at radius 1 is 0.283 bits per heavy atom. The number of fused-ring (bicyclic) bond motifs is 8. The molecule has 0 aliphatic carbocycles. The first kappa shape index (κ1) is 35.5. The maximum Gasteiger partial charge on any atom is 0.0692 e. The molecule has 11 rings (SSSR count). The van der Waals surface area contributed by atoms with Crippen LogP contribution in [0.2, 0.25) is 0 Å². The molecule has 0 fully saturated rings. The highest BCUT2D eigenvalue weighted by molar-refractivity contribution is 5.88. The number of para-hydroxylation sites is 2. The maximum absolute atomic E-state index is 5.65. The molecule has 4 heteroatoms. The second-order valence-corrected chi connectivity index (χ2v) is 15.5. The molecule has 0 saturated heterocycles. The first-order valence-electron chi connectivity index (χ1n) is 20.6. The number of hydrogen-bond donors (Lipinski definition) is 0. The van der Waals surface area contributed by atoms with E-state index in [1.165, 1.54) is 32.7 Å². The second kappa shape index (κ2) is 15.2. The molecule has 60 heavy (non-hydrogen) atoms. The minimum absolute atomic E-state index is 0.228. The van der Waals surface area contributed by atoms with E-state index in [0.29, 0.717) is 0 Å². The summed E-state index contributed by atoms with van der Waals surface area (Å²) >= 11 is 0. The Morgan fingerprint density at radius 2 is 0.633 bits per heavy atom. The van der Waals surface area contributed by atoms with Gasteiger partial charge in [-0.1, -0.05) is 152 Å². The van der Waals surface area contributed by atoms with Gasteiger partial charge in [0.2, 0.25) is 0 Å². The van der Waals surface area contributed by atoms with Crippen LogP contribution >= 0.6 is 0 Å². The Morgan fingerprint density at radius 3 is 1.10 bits per heavy atom. The van der Waals surface area contributed by atoms with Crippen LogP contribution in [0.5, 0.6) is 0 Å². The van der Waals surface area contributed by atoms with Gasteiger partial charge in [0.15, 0.2) is 0 Å². The molecule has 0 spiro atoms. The summed E-state index contributed by atoms with van der Waals surface area (Å²) in [6, 6.07) is 80.0. The van der Waals surface area contributed by atoms with Crippen LogP contribution in [0.4, 0.5) is 17.1 Å². The molecule has 2 atom stereocenters. The van der Waals surface area contributed by atoms with Gasteiger partial charge in [-0.25, -0.2) is 0 Å². The molecule has 4 nitrogen and oxygen atoms in total. The standard InChI is InChI=1S/C56H40N4/c1-3-22-41(23-4-1)60(42-24-5-2-6-25-42)43-26-11-21-40(37-43)54-48-31-14-33-50(57-48)55(46-29-12-19-38-17-7-9-27-44(38)46)52-35-16-36-53(59-52)56(51-34-15-32-49(54)58-51)47-30-13-20-39-18-8-10-28-45(39)47/h1-37,54-56H. The number of hydrogen-bond acceptors (Lipinski definition) is 4. The van der Waals surface area contributed by atoms with E-state index in [9.17, 15) is 0 Å². The summed E-state index contributed by atoms with van der Waals surface area (Å²) in [5.74, 6) is -0.729. The molecule has 0 amide bonds. The van der Waals surface area contributed by atoms with Gasteiger partial charge in [0.1, 0.15) is 0 Å². The number of rotatable bonds is 6. The van der Waals surface area contributed by atoms with Gasteiger partial charge in [0, 0.05) is 17.1 Å². The average molecular weight is 769 g/mol. The topological polar surface area (TPSA) is 41.9 Å². The van der Waals surface area contributed by atoms with Crippen LogP contribution in [0, 0.1) is 0 Å². The van der Waals surface area contributed by atoms with Gasteiger partial charge in [-0.3, -0.25) is 15.0 Å². The van der Waals surface area contributed by atoms with Crippen LogP contribution in [0.1, 0.15) is 68.6 Å². The molecule has 0 saturated carbocycles. The van der Waals surface area contributed by atoms with E-state index >= 15 is 0 Å². The van der Waals surface area contributed by atoms with Crippen molar-refractivity contribution in [1.82, 2.24) is 15.0 Å². The van der Waals surface area contributed by atoms with Crippen LogP contribution in [0.15, 0.2) is 224 Å². The largest absolute Gasteiger partial charge is 0.310 e. The summed E-state index contributed by atoms with van der Waals surface area (Å²) in [4.78, 5) is 19.2. The summed E-state index contributed by atoms with van der Waals surface area (Å²) in [6.45, 7) is 0. The minimum Gasteiger partial charge on any atom is -0.310 e. The molecule has 1 aliphatic heterocycles. The Labute approximate surface area is 350 Å². The molecule has 3 aromatic heterocycles. The molecule has 0 N–H and O–H groups in total. The Bertz CT molecular complexity index is 2950. The van der Waals surface area contributed by atoms with E-state index in [-0.39, 0.29) is 17.8 Å². The van der Waals surface area contributed by atoms with E-state index in [4.69, 9.17) is 15.0 Å². The number of anilines is 3. The zero-order chi connectivity index (χ0) is 39.8. The van der Waals surface area contributed by atoms with Crippen LogP contribution in [0.3, 0.4) is 0 Å². The van der Waals surface area contributed by atoms with Gasteiger partial charge >= 0.3 is 0 Å². The lowest BCUT2D eigenvalue weighted by Gasteiger charge is -2.28. The Balaban J connectivity index is 1.18. The van der Waals surface area contributed by atoms with Crippen LogP contribution < -0.4 is 4.90 Å². The van der Waals surface area contributed by atoms with Crippen molar-refractivity contribution in [2.24, 2.45) is 0 Å². The zero-order valence-electron chi connectivity index (χ0n) is 32.9. The minimum atomic E-state index is -0.273. The third-order valence-corrected chi connectivity index (χ3v) is 11.9. The van der Waals surface area contributed by atoms with E-state index in [2.05, 4.69) is 229 Å². The SMILES string of the molecule is c1ccc(N(c2ccccc2)c2cccc(C3c4cccc(n4)C(c4cccc5ccccc45)c4cccc(n4)C(c4cccc5ccccc45)c4cccc3n4)c2)cc1. The molecule has 4 heterocycles. The molecular weight excluding hydrogens is 729 g/mol. The number of benzene rings is 7. The summed E-state index contributed by atoms with van der Waals surface area (Å²) in [5.41, 5.74) is 12.4. The molecule has 1 aliphatic rings. The van der Waals surface area contributed by atoms with Crippen LogP contribution in [0.25, 0.3) is 21.5 Å². The highest BCUT2D eigenvalue weighted by Gasteiger charge is 2.30. The lowest BCUT2D eigenvalue weighted by molar-refractivity contribution is 0.775. The van der Waals surface area contributed by atoms with E-state index in [0.717, 1.165) is 56.8 Å². The van der Waals surface area contributed by atoms with Crippen molar-refractivity contribution in [3.63, 3.8) is 0 Å². The monoisotopic (exact) mass is 768 g/mol. The number of pyridine rings is 3. The van der Waals surface area contributed by atoms with Crippen molar-refractivity contribution in [2.45, 2.75) is 17.8 Å². The molecular formula is C56H40N4. The van der Waals surface area contributed by atoms with Gasteiger partial charge < -0.3 is 4.90 Å². The third-order valence-electron chi connectivity index (χ3n) is 11.9. The highest BCUT2D eigenvalue weighted by Crippen LogP contribution is 2.42. The van der Waals surface area contributed by atoms with Gasteiger partial charge in [0.25, 0.3) is 0 Å². The molecule has 10 aromatic rings. The molecule has 284 valence electrons. The summed E-state index contributed by atoms with van der Waals surface area (Å²) < 4.78 is 0.